The number of halogens is 3. The first-order valence-corrected chi connectivity index (χ1v) is 10.8. The van der Waals surface area contributed by atoms with E-state index in [1.165, 1.54) is 12.8 Å². The molecule has 1 aliphatic carbocycles. The van der Waals surface area contributed by atoms with Crippen molar-refractivity contribution >= 4 is 22.9 Å². The van der Waals surface area contributed by atoms with Crippen LogP contribution in [0.2, 0.25) is 0 Å². The molecule has 0 saturated heterocycles. The van der Waals surface area contributed by atoms with Crippen molar-refractivity contribution in [3.8, 4) is 22.8 Å². The minimum absolute atomic E-state index is 0.147. The molecular formula is C23H23F3N6O3. The molecule has 5 rings (SSSR count). The van der Waals surface area contributed by atoms with E-state index >= 15 is 0 Å². The normalized spacial score (nSPS) is 13.9. The number of benzene rings is 1. The van der Waals surface area contributed by atoms with Crippen LogP contribution < -0.4 is 5.32 Å². The number of anilines is 1. The van der Waals surface area contributed by atoms with Gasteiger partial charge in [0.25, 0.3) is 0 Å². The Morgan fingerprint density at radius 3 is 2.51 bits per heavy atom. The number of aliphatic carboxylic acids is 1. The minimum Gasteiger partial charge on any atom is -0.475 e. The predicted octanol–water partition coefficient (Wildman–Crippen LogP) is 5.40. The summed E-state index contributed by atoms with van der Waals surface area (Å²) in [6.45, 7) is 6.14. The molecule has 0 radical (unpaired) electrons. The number of hydrogen-bond acceptors (Lipinski definition) is 7. The number of carboxylic acid groups (broad SMARTS) is 1. The Morgan fingerprint density at radius 2 is 1.89 bits per heavy atom. The van der Waals surface area contributed by atoms with Crippen LogP contribution in [0.4, 0.5) is 19.2 Å². The topological polar surface area (TPSA) is 130 Å². The van der Waals surface area contributed by atoms with Crippen LogP contribution in [0.25, 0.3) is 33.7 Å². The molecule has 1 saturated carbocycles. The maximum atomic E-state index is 10.6. The average Bonchev–Trinajstić information content (AvgIpc) is 3.39. The first-order valence-electron chi connectivity index (χ1n) is 10.8. The number of aromatic amines is 1. The summed E-state index contributed by atoms with van der Waals surface area (Å²) in [4.78, 5) is 21.5. The fourth-order valence-corrected chi connectivity index (χ4v) is 3.26. The van der Waals surface area contributed by atoms with Gasteiger partial charge in [-0.3, -0.25) is 0 Å². The van der Waals surface area contributed by atoms with E-state index in [0.717, 1.165) is 33.5 Å². The lowest BCUT2D eigenvalue weighted by Gasteiger charge is -2.17. The summed E-state index contributed by atoms with van der Waals surface area (Å²) in [5, 5.41) is 19.7. The van der Waals surface area contributed by atoms with Crippen molar-refractivity contribution in [3.63, 3.8) is 0 Å². The zero-order valence-corrected chi connectivity index (χ0v) is 19.1. The smallest absolute Gasteiger partial charge is 0.475 e. The van der Waals surface area contributed by atoms with E-state index in [0.29, 0.717) is 17.8 Å². The number of aromatic nitrogens is 5. The Morgan fingerprint density at radius 1 is 1.17 bits per heavy atom. The number of nitrogens with one attached hydrogen (secondary N) is 2. The molecule has 1 fully saturated rings. The van der Waals surface area contributed by atoms with E-state index in [1.54, 1.807) is 0 Å². The number of carbonyl (C=O) groups is 1. The van der Waals surface area contributed by atoms with E-state index in [2.05, 4.69) is 25.5 Å². The van der Waals surface area contributed by atoms with Gasteiger partial charge >= 0.3 is 18.2 Å². The second-order valence-electron chi connectivity index (χ2n) is 9.13. The van der Waals surface area contributed by atoms with E-state index in [4.69, 9.17) is 19.3 Å². The van der Waals surface area contributed by atoms with Crippen LogP contribution >= 0.6 is 0 Å². The lowest BCUT2D eigenvalue weighted by atomic mass is 10.1. The molecule has 9 nitrogen and oxygen atoms in total. The summed E-state index contributed by atoms with van der Waals surface area (Å²) in [6.07, 6.45) is 1.16. The fraction of sp³-hybridized carbons (Fsp3) is 0.348. The first kappa shape index (κ1) is 24.2. The van der Waals surface area contributed by atoms with E-state index in [-0.39, 0.29) is 5.54 Å². The summed E-state index contributed by atoms with van der Waals surface area (Å²) < 4.78 is 37.5. The Kier molecular flexibility index (Phi) is 6.22. The van der Waals surface area contributed by atoms with Crippen LogP contribution in [-0.4, -0.2) is 47.9 Å². The second-order valence-corrected chi connectivity index (χ2v) is 9.13. The molecule has 0 unspecified atom stereocenters. The Hall–Kier alpha value is -3.96. The highest BCUT2D eigenvalue weighted by Crippen LogP contribution is 2.39. The number of fused-ring (bicyclic) bond motifs is 1. The Balaban J connectivity index is 0.000000364. The van der Waals surface area contributed by atoms with Gasteiger partial charge in [0.1, 0.15) is 0 Å². The fourth-order valence-electron chi connectivity index (χ4n) is 3.26. The van der Waals surface area contributed by atoms with Gasteiger partial charge in [0.2, 0.25) is 5.89 Å². The van der Waals surface area contributed by atoms with Crippen molar-refractivity contribution in [2.75, 3.05) is 5.32 Å². The molecule has 0 spiro atoms. The number of rotatable bonds is 4. The minimum atomic E-state index is -5.08. The lowest BCUT2D eigenvalue weighted by Crippen LogP contribution is -2.26. The van der Waals surface area contributed by atoms with E-state index < -0.39 is 12.1 Å². The van der Waals surface area contributed by atoms with E-state index in [1.807, 2.05) is 57.4 Å². The maximum absolute atomic E-state index is 10.6. The van der Waals surface area contributed by atoms with E-state index in [9.17, 15) is 13.2 Å². The zero-order chi connectivity index (χ0) is 25.4. The molecule has 3 aromatic heterocycles. The van der Waals surface area contributed by atoms with Crippen molar-refractivity contribution < 1.29 is 27.5 Å². The molecule has 4 aromatic rings. The molecule has 12 heteroatoms. The SMILES string of the molecule is CC(C)(C)Nc1nnc(-c2ccc3[nH]cc(-c4nccc(C5CC5)n4)c3c2)o1.O=C(O)C(F)(F)F. The van der Waals surface area contributed by atoms with Crippen molar-refractivity contribution in [2.45, 2.75) is 51.2 Å². The summed E-state index contributed by atoms with van der Waals surface area (Å²) in [5.41, 5.74) is 3.84. The molecule has 184 valence electrons. The molecule has 0 aliphatic heterocycles. The second kappa shape index (κ2) is 9.01. The largest absolute Gasteiger partial charge is 0.490 e. The van der Waals surface area contributed by atoms with Gasteiger partial charge in [-0.25, -0.2) is 14.8 Å². The molecule has 0 bridgehead atoms. The van der Waals surface area contributed by atoms with Crippen LogP contribution in [0, 0.1) is 0 Å². The average molecular weight is 488 g/mol. The highest BCUT2D eigenvalue weighted by atomic mass is 19.4. The molecule has 0 atom stereocenters. The van der Waals surface area contributed by atoms with Gasteiger partial charge in [-0.1, -0.05) is 5.10 Å². The summed E-state index contributed by atoms with van der Waals surface area (Å²) in [7, 11) is 0. The van der Waals surface area contributed by atoms with Gasteiger partial charge in [-0.15, -0.1) is 5.10 Å². The van der Waals surface area contributed by atoms with Crippen LogP contribution in [0.1, 0.15) is 45.2 Å². The predicted molar refractivity (Wildman–Crippen MR) is 122 cm³/mol. The maximum Gasteiger partial charge on any atom is 0.490 e. The molecule has 1 aromatic carbocycles. The number of nitrogens with zero attached hydrogens (tertiary/aromatic N) is 4. The van der Waals surface area contributed by atoms with Gasteiger partial charge < -0.3 is 19.8 Å². The Labute approximate surface area is 197 Å². The Bertz CT molecular complexity index is 1350. The third-order valence-electron chi connectivity index (χ3n) is 4.99. The molecule has 3 N–H and O–H groups in total. The van der Waals surface area contributed by atoms with Gasteiger partial charge in [0.15, 0.2) is 5.82 Å². The standard InChI is InChI=1S/C21H22N6O.C2HF3O2/c1-21(2,3)25-20-27-26-19(28-20)13-6-7-17-14(10-13)15(11-23-17)18-22-9-8-16(24-18)12-4-5-12;3-2(4,5)1(6)7/h6-12,23H,4-5H2,1-3H3,(H,25,27);(H,6,7). The number of carboxylic acids is 1. The summed E-state index contributed by atoms with van der Waals surface area (Å²) in [6, 6.07) is 8.46. The van der Waals surface area contributed by atoms with Crippen LogP contribution in [0.3, 0.4) is 0 Å². The third kappa shape index (κ3) is 5.94. The quantitative estimate of drug-likeness (QED) is 0.348. The van der Waals surface area contributed by atoms with Crippen LogP contribution in [-0.2, 0) is 4.79 Å². The number of alkyl halides is 3. The third-order valence-corrected chi connectivity index (χ3v) is 4.99. The summed E-state index contributed by atoms with van der Waals surface area (Å²) in [5.74, 6) is -0.941. The highest BCUT2D eigenvalue weighted by Gasteiger charge is 2.38. The van der Waals surface area contributed by atoms with Crippen molar-refractivity contribution in [1.29, 1.82) is 0 Å². The van der Waals surface area contributed by atoms with Crippen LogP contribution in [0.5, 0.6) is 0 Å². The van der Waals surface area contributed by atoms with Gasteiger partial charge in [0.05, 0.1) is 0 Å². The van der Waals surface area contributed by atoms with Crippen molar-refractivity contribution in [2.24, 2.45) is 0 Å². The number of hydrogen-bond donors (Lipinski definition) is 3. The van der Waals surface area contributed by atoms with Crippen LogP contribution in [0.15, 0.2) is 41.1 Å². The monoisotopic (exact) mass is 488 g/mol. The molecular weight excluding hydrogens is 465 g/mol. The van der Waals surface area contributed by atoms with Gasteiger partial charge in [-0.2, -0.15) is 13.2 Å². The van der Waals surface area contributed by atoms with Crippen molar-refractivity contribution in [3.05, 3.63) is 42.4 Å². The van der Waals surface area contributed by atoms with Crippen molar-refractivity contribution in [1.82, 2.24) is 25.1 Å². The molecule has 3 heterocycles. The zero-order valence-electron chi connectivity index (χ0n) is 19.1. The lowest BCUT2D eigenvalue weighted by molar-refractivity contribution is -0.192. The number of H-pyrrole nitrogens is 1. The first-order chi connectivity index (χ1) is 16.4. The van der Waals surface area contributed by atoms with Gasteiger partial charge in [0, 0.05) is 51.6 Å². The molecule has 1 aliphatic rings. The molecule has 35 heavy (non-hydrogen) atoms. The molecule has 0 amide bonds. The van der Waals surface area contributed by atoms with Gasteiger partial charge in [-0.05, 0) is 57.9 Å². The highest BCUT2D eigenvalue weighted by molar-refractivity contribution is 5.96. The summed E-state index contributed by atoms with van der Waals surface area (Å²) >= 11 is 0.